The number of hydrogen-bond donors (Lipinski definition) is 1. The van der Waals surface area contributed by atoms with Crippen LogP contribution >= 0.6 is 27.7 Å². The molecule has 2 aromatic rings. The molecule has 26 heavy (non-hydrogen) atoms. The zero-order chi connectivity index (χ0) is 19.7. The first kappa shape index (κ1) is 15.0. The van der Waals surface area contributed by atoms with Crippen LogP contribution in [0, 0.1) is 5.82 Å². The Balaban J connectivity index is 1.86. The van der Waals surface area contributed by atoms with Crippen LogP contribution in [-0.4, -0.2) is 40.8 Å². The van der Waals surface area contributed by atoms with Crippen molar-refractivity contribution in [3.8, 4) is 0 Å². The zero-order valence-electron chi connectivity index (χ0n) is 16.4. The van der Waals surface area contributed by atoms with Crippen molar-refractivity contribution < 1.29 is 11.9 Å². The molecule has 2 atom stereocenters. The number of nitrogens with zero attached hydrogens (tertiary/aromatic N) is 3. The van der Waals surface area contributed by atoms with Gasteiger partial charge in [0.1, 0.15) is 11.3 Å². The largest absolute Gasteiger partial charge is 0.372 e. The lowest BCUT2D eigenvalue weighted by Crippen LogP contribution is -2.52. The van der Waals surface area contributed by atoms with Gasteiger partial charge in [0.05, 0.1) is 25.8 Å². The molecule has 0 saturated carbocycles. The van der Waals surface area contributed by atoms with Crippen LogP contribution < -0.4 is 10.2 Å². The van der Waals surface area contributed by atoms with E-state index in [-0.39, 0.29) is 5.52 Å². The standard InChI is InChI=1S/C18H20BrFN4OS/c1-2-26-18-22-16-13(11-7-25-8-12(11)14(19)15(16)20)17(23-18)24-9-3-4-10(24)6-21-5-9/h9-10,21H,2-8H2,1H3/i9D,10D. The third-order valence-electron chi connectivity index (χ3n) is 5.17. The molecule has 8 heteroatoms. The molecule has 5 nitrogen and oxygen atoms in total. The minimum absolute atomic E-state index is 0.238. The van der Waals surface area contributed by atoms with Gasteiger partial charge in [-0.15, -0.1) is 0 Å². The Morgan fingerprint density at radius 2 is 2.04 bits per heavy atom. The zero-order valence-corrected chi connectivity index (χ0v) is 16.8. The summed E-state index contributed by atoms with van der Waals surface area (Å²) in [5.41, 5.74) is 1.87. The molecule has 1 N–H and O–H groups in total. The number of aromatic nitrogens is 2. The van der Waals surface area contributed by atoms with Crippen molar-refractivity contribution in [2.45, 2.75) is 50.2 Å². The molecule has 0 radical (unpaired) electrons. The average molecular weight is 441 g/mol. The Bertz CT molecular complexity index is 980. The van der Waals surface area contributed by atoms with Gasteiger partial charge in [0.25, 0.3) is 0 Å². The van der Waals surface area contributed by atoms with Crippen LogP contribution in [0.25, 0.3) is 10.9 Å². The summed E-state index contributed by atoms with van der Waals surface area (Å²) in [5, 5.41) is 4.28. The second-order valence-corrected chi connectivity index (χ2v) is 8.66. The number of nitrogens with one attached hydrogen (secondary N) is 1. The smallest absolute Gasteiger partial charge is 0.190 e. The number of piperazine rings is 1. The molecule has 0 spiro atoms. The summed E-state index contributed by atoms with van der Waals surface area (Å²) in [4.78, 5) is 11.1. The fourth-order valence-electron chi connectivity index (χ4n) is 4.03. The summed E-state index contributed by atoms with van der Waals surface area (Å²) >= 11 is 4.81. The number of hydrogen-bond acceptors (Lipinski definition) is 6. The van der Waals surface area contributed by atoms with Crippen LogP contribution in [0.4, 0.5) is 10.2 Å². The van der Waals surface area contributed by atoms with Crippen LogP contribution in [0.1, 0.15) is 33.6 Å². The van der Waals surface area contributed by atoms with Gasteiger partial charge < -0.3 is 15.0 Å². The van der Waals surface area contributed by atoms with Gasteiger partial charge in [-0.3, -0.25) is 0 Å². The van der Waals surface area contributed by atoms with E-state index in [0.717, 1.165) is 16.9 Å². The summed E-state index contributed by atoms with van der Waals surface area (Å²) in [6.45, 7) is 3.57. The molecule has 0 amide bonds. The maximum absolute atomic E-state index is 15.3. The molecule has 2 bridgehead atoms. The first-order chi connectivity index (χ1) is 13.4. The molecule has 2 unspecified atom stereocenters. The predicted molar refractivity (Wildman–Crippen MR) is 104 cm³/mol. The summed E-state index contributed by atoms with van der Waals surface area (Å²) in [5.74, 6) is 0.820. The Kier molecular flexibility index (Phi) is 3.80. The van der Waals surface area contributed by atoms with E-state index in [1.54, 1.807) is 4.90 Å². The predicted octanol–water partition coefficient (Wildman–Crippen LogP) is 3.61. The molecule has 3 aliphatic heterocycles. The van der Waals surface area contributed by atoms with Gasteiger partial charge in [-0.1, -0.05) is 18.7 Å². The Labute approximate surface area is 167 Å². The van der Waals surface area contributed by atoms with Crippen molar-refractivity contribution in [3.63, 3.8) is 0 Å². The first-order valence-electron chi connectivity index (χ1n) is 9.80. The van der Waals surface area contributed by atoms with Crippen LogP contribution in [0.3, 0.4) is 0 Å². The topological polar surface area (TPSA) is 50.3 Å². The van der Waals surface area contributed by atoms with Crippen molar-refractivity contribution in [3.05, 3.63) is 21.4 Å². The highest BCUT2D eigenvalue weighted by molar-refractivity contribution is 9.10. The second-order valence-electron chi connectivity index (χ2n) is 6.64. The van der Waals surface area contributed by atoms with Crippen LogP contribution in [0.2, 0.25) is 0 Å². The van der Waals surface area contributed by atoms with Gasteiger partial charge in [0, 0.05) is 30.7 Å². The minimum Gasteiger partial charge on any atom is -0.372 e. The number of anilines is 1. The van der Waals surface area contributed by atoms with Crippen molar-refractivity contribution in [1.29, 1.82) is 0 Å². The fraction of sp³-hybridized carbons (Fsp3) is 0.556. The highest BCUT2D eigenvalue weighted by atomic mass is 79.9. The monoisotopic (exact) mass is 440 g/mol. The number of rotatable bonds is 3. The number of thioether (sulfide) groups is 1. The maximum Gasteiger partial charge on any atom is 0.190 e. The number of ether oxygens (including phenoxy) is 1. The number of fused-ring (bicyclic) bond motifs is 5. The Morgan fingerprint density at radius 3 is 2.77 bits per heavy atom. The molecule has 1 aromatic heterocycles. The molecular formula is C18H20BrFN4OS. The summed E-state index contributed by atoms with van der Waals surface area (Å²) in [6, 6.07) is -1.96. The van der Waals surface area contributed by atoms with E-state index < -0.39 is 17.9 Å². The average Bonchev–Trinajstić information content (AvgIpc) is 3.19. The lowest BCUT2D eigenvalue weighted by Gasteiger charge is -2.37. The third-order valence-corrected chi connectivity index (χ3v) is 6.73. The van der Waals surface area contributed by atoms with Crippen molar-refractivity contribution in [2.75, 3.05) is 23.7 Å². The lowest BCUT2D eigenvalue weighted by atomic mass is 10.0. The van der Waals surface area contributed by atoms with Gasteiger partial charge >= 0.3 is 0 Å². The molecule has 138 valence electrons. The molecular weight excluding hydrogens is 419 g/mol. The normalized spacial score (nSPS) is 31.3. The van der Waals surface area contributed by atoms with Crippen LogP contribution in [0.15, 0.2) is 9.63 Å². The number of benzene rings is 1. The second kappa shape index (κ2) is 6.58. The van der Waals surface area contributed by atoms with Crippen LogP contribution in [-0.2, 0) is 18.0 Å². The highest BCUT2D eigenvalue weighted by Gasteiger charge is 2.39. The van der Waals surface area contributed by atoms with Crippen molar-refractivity contribution >= 4 is 44.4 Å². The first-order valence-corrected chi connectivity index (χ1v) is 10.6. The molecule has 0 aliphatic carbocycles. The molecule has 2 fully saturated rings. The molecule has 1 aromatic carbocycles. The van der Waals surface area contributed by atoms with Crippen molar-refractivity contribution in [2.24, 2.45) is 0 Å². The van der Waals surface area contributed by atoms with E-state index in [0.29, 0.717) is 60.0 Å². The van der Waals surface area contributed by atoms with E-state index in [4.69, 9.17) is 12.5 Å². The SMILES string of the molecule is [2H]C12CCC([2H])(CNC1)N2c1nc(SCC)nc2c(F)c(Br)c3c(c12)COC3. The van der Waals surface area contributed by atoms with Crippen LogP contribution in [0.5, 0.6) is 0 Å². The summed E-state index contributed by atoms with van der Waals surface area (Å²) in [6.07, 6.45) is 1.14. The molecule has 3 aliphatic rings. The third kappa shape index (κ3) is 2.49. The van der Waals surface area contributed by atoms with Gasteiger partial charge in [-0.05, 0) is 40.1 Å². The Morgan fingerprint density at radius 1 is 1.31 bits per heavy atom. The van der Waals surface area contributed by atoms with Gasteiger partial charge in [-0.2, -0.15) is 0 Å². The maximum atomic E-state index is 15.3. The van der Waals surface area contributed by atoms with E-state index in [9.17, 15) is 0 Å². The van der Waals surface area contributed by atoms with Gasteiger partial charge in [0.2, 0.25) is 0 Å². The van der Waals surface area contributed by atoms with E-state index in [2.05, 4.69) is 26.2 Å². The fourth-order valence-corrected chi connectivity index (χ4v) is 5.13. The molecule has 2 saturated heterocycles. The molecule has 4 heterocycles. The van der Waals surface area contributed by atoms with E-state index in [1.807, 2.05) is 6.92 Å². The van der Waals surface area contributed by atoms with Crippen molar-refractivity contribution in [1.82, 2.24) is 15.3 Å². The minimum atomic E-state index is -0.981. The van der Waals surface area contributed by atoms with E-state index in [1.165, 1.54) is 11.8 Å². The van der Waals surface area contributed by atoms with Gasteiger partial charge in [0.15, 0.2) is 11.0 Å². The van der Waals surface area contributed by atoms with Gasteiger partial charge in [-0.25, -0.2) is 14.4 Å². The number of halogens is 2. The lowest BCUT2D eigenvalue weighted by molar-refractivity contribution is 0.134. The quantitative estimate of drug-likeness (QED) is 0.580. The van der Waals surface area contributed by atoms with E-state index >= 15 is 4.39 Å². The summed E-state index contributed by atoms with van der Waals surface area (Å²) < 4.78 is 39.3. The Hall–Kier alpha value is -0.960. The molecule has 5 rings (SSSR count). The highest BCUT2D eigenvalue weighted by Crippen LogP contribution is 2.43. The summed E-state index contributed by atoms with van der Waals surface area (Å²) in [7, 11) is 0.